The molecule has 0 unspecified atom stereocenters. The Morgan fingerprint density at radius 2 is 1.77 bits per heavy atom. The number of anilines is 1. The highest BCUT2D eigenvalue weighted by molar-refractivity contribution is 7.91. The second-order valence-corrected chi connectivity index (χ2v) is 9.32. The second kappa shape index (κ2) is 9.35. The summed E-state index contributed by atoms with van der Waals surface area (Å²) < 4.78 is 26.3. The summed E-state index contributed by atoms with van der Waals surface area (Å²) in [5.74, 6) is 2.07. The van der Waals surface area contributed by atoms with Gasteiger partial charge in [0, 0.05) is 19.2 Å². The van der Waals surface area contributed by atoms with Crippen molar-refractivity contribution in [3.05, 3.63) is 17.6 Å². The summed E-state index contributed by atoms with van der Waals surface area (Å²) in [6.07, 6.45) is 8.02. The molecular weight excluding hydrogens is 348 g/mol. The second-order valence-electron chi connectivity index (χ2n) is 7.02. The molecule has 0 bridgehead atoms. The van der Waals surface area contributed by atoms with Crippen LogP contribution < -0.4 is 5.73 Å². The van der Waals surface area contributed by atoms with Crippen LogP contribution in [0.25, 0.3) is 11.0 Å². The Kier molecular flexibility index (Phi) is 7.43. The van der Waals surface area contributed by atoms with Crippen molar-refractivity contribution in [1.82, 2.24) is 14.5 Å². The SMILES string of the molecule is CCCCc1nc2c(N)ncc(C)c2n1CCCCS(=O)(=O)CCCC. The minimum Gasteiger partial charge on any atom is -0.382 e. The Bertz CT molecular complexity index is 828. The summed E-state index contributed by atoms with van der Waals surface area (Å²) in [5.41, 5.74) is 8.89. The Hall–Kier alpha value is -1.63. The average molecular weight is 381 g/mol. The molecule has 2 N–H and O–H groups in total. The Labute approximate surface area is 157 Å². The molecule has 2 heterocycles. The fourth-order valence-electron chi connectivity index (χ4n) is 3.19. The minimum atomic E-state index is -2.92. The van der Waals surface area contributed by atoms with Crippen LogP contribution in [0.4, 0.5) is 5.82 Å². The lowest BCUT2D eigenvalue weighted by atomic mass is 10.2. The maximum atomic E-state index is 12.0. The van der Waals surface area contributed by atoms with E-state index in [9.17, 15) is 8.42 Å². The van der Waals surface area contributed by atoms with Crippen LogP contribution in [0, 0.1) is 6.92 Å². The van der Waals surface area contributed by atoms with Gasteiger partial charge in [-0.2, -0.15) is 0 Å². The van der Waals surface area contributed by atoms with Crippen LogP contribution >= 0.6 is 0 Å². The zero-order valence-corrected chi connectivity index (χ0v) is 17.1. The number of unbranched alkanes of at least 4 members (excludes halogenated alkanes) is 3. The van der Waals surface area contributed by atoms with E-state index in [-0.39, 0.29) is 5.75 Å². The van der Waals surface area contributed by atoms with E-state index in [1.165, 1.54) is 0 Å². The topological polar surface area (TPSA) is 90.9 Å². The van der Waals surface area contributed by atoms with Crippen molar-refractivity contribution in [2.75, 3.05) is 17.2 Å². The van der Waals surface area contributed by atoms with Gasteiger partial charge in [0.05, 0.1) is 17.0 Å². The number of rotatable bonds is 11. The van der Waals surface area contributed by atoms with Gasteiger partial charge >= 0.3 is 0 Å². The third-order valence-corrected chi connectivity index (χ3v) is 6.53. The molecule has 0 amide bonds. The van der Waals surface area contributed by atoms with Crippen LogP contribution in [-0.4, -0.2) is 34.5 Å². The lowest BCUT2D eigenvalue weighted by Gasteiger charge is -2.11. The van der Waals surface area contributed by atoms with Crippen LogP contribution in [0.2, 0.25) is 0 Å². The number of nitrogens with zero attached hydrogens (tertiary/aromatic N) is 3. The highest BCUT2D eigenvalue weighted by atomic mass is 32.2. The molecule has 0 fully saturated rings. The van der Waals surface area contributed by atoms with Gasteiger partial charge in [-0.1, -0.05) is 26.7 Å². The van der Waals surface area contributed by atoms with Crippen molar-refractivity contribution in [2.45, 2.75) is 72.3 Å². The molecule has 0 atom stereocenters. The molecule has 0 aromatic carbocycles. The Balaban J connectivity index is 2.13. The third kappa shape index (κ3) is 5.19. The normalized spacial score (nSPS) is 12.1. The summed E-state index contributed by atoms with van der Waals surface area (Å²) >= 11 is 0. The number of fused-ring (bicyclic) bond motifs is 1. The number of aryl methyl sites for hydroxylation is 3. The molecule has 0 aliphatic carbocycles. The fraction of sp³-hybridized carbons (Fsp3) is 0.684. The molecule has 2 aromatic rings. The van der Waals surface area contributed by atoms with Gasteiger partial charge in [0.15, 0.2) is 5.82 Å². The van der Waals surface area contributed by atoms with Crippen molar-refractivity contribution in [2.24, 2.45) is 0 Å². The molecule has 0 aliphatic rings. The maximum absolute atomic E-state index is 12.0. The van der Waals surface area contributed by atoms with Crippen LogP contribution in [0.5, 0.6) is 0 Å². The van der Waals surface area contributed by atoms with E-state index in [1.807, 2.05) is 13.8 Å². The van der Waals surface area contributed by atoms with Gasteiger partial charge in [-0.25, -0.2) is 18.4 Å². The van der Waals surface area contributed by atoms with Crippen molar-refractivity contribution in [3.63, 3.8) is 0 Å². The fourth-order valence-corrected chi connectivity index (χ4v) is 4.77. The molecule has 0 saturated heterocycles. The van der Waals surface area contributed by atoms with E-state index in [1.54, 1.807) is 6.20 Å². The number of sulfone groups is 1. The van der Waals surface area contributed by atoms with E-state index < -0.39 is 9.84 Å². The van der Waals surface area contributed by atoms with Gasteiger partial charge < -0.3 is 10.3 Å². The van der Waals surface area contributed by atoms with Crippen molar-refractivity contribution in [1.29, 1.82) is 0 Å². The number of nitrogens with two attached hydrogens (primary N) is 1. The predicted molar refractivity (Wildman–Crippen MR) is 108 cm³/mol. The molecule has 7 heteroatoms. The van der Waals surface area contributed by atoms with Gasteiger partial charge in [-0.05, 0) is 38.2 Å². The van der Waals surface area contributed by atoms with Gasteiger partial charge in [0.1, 0.15) is 21.2 Å². The van der Waals surface area contributed by atoms with E-state index in [0.29, 0.717) is 18.0 Å². The van der Waals surface area contributed by atoms with Gasteiger partial charge in [-0.3, -0.25) is 0 Å². The van der Waals surface area contributed by atoms with Crippen LogP contribution in [0.15, 0.2) is 6.20 Å². The molecule has 26 heavy (non-hydrogen) atoms. The first kappa shape index (κ1) is 20.7. The molecule has 2 aromatic heterocycles. The number of hydrogen-bond acceptors (Lipinski definition) is 5. The van der Waals surface area contributed by atoms with E-state index >= 15 is 0 Å². The molecule has 0 aliphatic heterocycles. The molecule has 0 saturated carbocycles. The zero-order valence-electron chi connectivity index (χ0n) is 16.3. The number of aromatic nitrogens is 3. The highest BCUT2D eigenvalue weighted by Crippen LogP contribution is 2.25. The summed E-state index contributed by atoms with van der Waals surface area (Å²) in [6, 6.07) is 0. The third-order valence-electron chi connectivity index (χ3n) is 4.71. The number of pyridine rings is 1. The van der Waals surface area contributed by atoms with Gasteiger partial charge in [0.2, 0.25) is 0 Å². The first-order chi connectivity index (χ1) is 12.4. The number of imidazole rings is 1. The van der Waals surface area contributed by atoms with E-state index in [4.69, 9.17) is 10.7 Å². The first-order valence-corrected chi connectivity index (χ1v) is 11.5. The summed E-state index contributed by atoms with van der Waals surface area (Å²) in [7, 11) is -2.92. The first-order valence-electron chi connectivity index (χ1n) is 9.70. The Morgan fingerprint density at radius 1 is 1.08 bits per heavy atom. The van der Waals surface area contributed by atoms with Crippen molar-refractivity contribution < 1.29 is 8.42 Å². The Morgan fingerprint density at radius 3 is 2.46 bits per heavy atom. The number of nitrogen functional groups attached to an aromatic ring is 1. The average Bonchev–Trinajstić information content (AvgIpc) is 2.98. The maximum Gasteiger partial charge on any atom is 0.151 e. The lowest BCUT2D eigenvalue weighted by molar-refractivity contribution is 0.575. The highest BCUT2D eigenvalue weighted by Gasteiger charge is 2.16. The van der Waals surface area contributed by atoms with Crippen LogP contribution in [0.1, 0.15) is 63.8 Å². The molecule has 2 rings (SSSR count). The summed E-state index contributed by atoms with van der Waals surface area (Å²) in [5, 5.41) is 0. The van der Waals surface area contributed by atoms with Crippen LogP contribution in [-0.2, 0) is 22.8 Å². The number of hydrogen-bond donors (Lipinski definition) is 1. The van der Waals surface area contributed by atoms with Gasteiger partial charge in [-0.15, -0.1) is 0 Å². The molecule has 6 nitrogen and oxygen atoms in total. The zero-order chi connectivity index (χ0) is 19.2. The quantitative estimate of drug-likeness (QED) is 0.601. The van der Waals surface area contributed by atoms with Crippen molar-refractivity contribution in [3.8, 4) is 0 Å². The molecule has 146 valence electrons. The lowest BCUT2D eigenvalue weighted by Crippen LogP contribution is -2.12. The predicted octanol–water partition coefficient (Wildman–Crippen LogP) is 3.66. The largest absolute Gasteiger partial charge is 0.382 e. The molecule has 0 spiro atoms. The minimum absolute atomic E-state index is 0.270. The summed E-state index contributed by atoms with van der Waals surface area (Å²) in [4.78, 5) is 8.96. The van der Waals surface area contributed by atoms with E-state index in [2.05, 4.69) is 16.5 Å². The molecule has 0 radical (unpaired) electrons. The van der Waals surface area contributed by atoms with Gasteiger partial charge in [0.25, 0.3) is 0 Å². The molecular formula is C19H32N4O2S. The smallest absolute Gasteiger partial charge is 0.151 e. The van der Waals surface area contributed by atoms with E-state index in [0.717, 1.165) is 67.5 Å². The van der Waals surface area contributed by atoms with Crippen molar-refractivity contribution >= 4 is 26.7 Å². The van der Waals surface area contributed by atoms with Crippen LogP contribution in [0.3, 0.4) is 0 Å². The monoisotopic (exact) mass is 380 g/mol. The summed E-state index contributed by atoms with van der Waals surface area (Å²) in [6.45, 7) is 6.96. The standard InChI is InChI=1S/C19H32N4O2S/c1-4-6-10-16-22-17-18(15(3)14-21-19(17)20)23(16)11-8-9-13-26(24,25)12-7-5-2/h14H,4-13H2,1-3H3,(H2,20,21).